The Kier molecular flexibility index (Phi) is 3.53. The Morgan fingerprint density at radius 1 is 1.69 bits per heavy atom. The third-order valence-electron chi connectivity index (χ3n) is 1.30. The molecule has 1 aromatic rings. The molecule has 0 unspecified atom stereocenters. The summed E-state index contributed by atoms with van der Waals surface area (Å²) in [6, 6.07) is 3.47. The van der Waals surface area contributed by atoms with E-state index in [-0.39, 0.29) is 11.7 Å². The van der Waals surface area contributed by atoms with Crippen LogP contribution in [-0.2, 0) is 4.79 Å². The molecule has 0 spiro atoms. The Labute approximate surface area is 79.9 Å². The first-order valence-corrected chi connectivity index (χ1v) is 4.55. The van der Waals surface area contributed by atoms with Crippen molar-refractivity contribution in [3.8, 4) is 0 Å². The normalized spacial score (nSPS) is 9.62. The first kappa shape index (κ1) is 9.82. The highest BCUT2D eigenvalue weighted by Crippen LogP contribution is 2.20. The van der Waals surface area contributed by atoms with Crippen LogP contribution in [0, 0.1) is 0 Å². The summed E-state index contributed by atoms with van der Waals surface area (Å²) in [5.74, 6) is 4.88. The van der Waals surface area contributed by atoms with Gasteiger partial charge in [-0.05, 0) is 12.1 Å². The Morgan fingerprint density at radius 2 is 2.46 bits per heavy atom. The number of hydrazine groups is 1. The number of carbonyl (C=O) groups is 1. The van der Waals surface area contributed by atoms with E-state index in [0.29, 0.717) is 10.7 Å². The summed E-state index contributed by atoms with van der Waals surface area (Å²) < 4.78 is 0. The van der Waals surface area contributed by atoms with Crippen LogP contribution in [-0.4, -0.2) is 16.6 Å². The standard InChI is InChI=1S/C7H10N4OS/c8-5-2-1-3-10-7(5)13-4-6(12)11-9/h1-3H,4,8-9H2,(H,11,12). The first-order chi connectivity index (χ1) is 6.24. The highest BCUT2D eigenvalue weighted by atomic mass is 32.2. The number of amides is 1. The number of pyridine rings is 1. The average molecular weight is 198 g/mol. The van der Waals surface area contributed by atoms with Crippen molar-refractivity contribution in [1.29, 1.82) is 0 Å². The molecule has 0 bridgehead atoms. The molecule has 0 radical (unpaired) electrons. The van der Waals surface area contributed by atoms with Crippen molar-refractivity contribution in [2.45, 2.75) is 5.03 Å². The molecule has 1 aromatic heterocycles. The lowest BCUT2D eigenvalue weighted by Crippen LogP contribution is -2.31. The molecule has 1 heterocycles. The van der Waals surface area contributed by atoms with Gasteiger partial charge in [0.25, 0.3) is 0 Å². The number of nitrogens with zero attached hydrogens (tertiary/aromatic N) is 1. The van der Waals surface area contributed by atoms with Gasteiger partial charge in [-0.15, -0.1) is 0 Å². The zero-order valence-corrected chi connectivity index (χ0v) is 7.67. The quantitative estimate of drug-likeness (QED) is 0.269. The summed E-state index contributed by atoms with van der Waals surface area (Å²) in [5.41, 5.74) is 8.20. The van der Waals surface area contributed by atoms with Crippen LogP contribution in [0.15, 0.2) is 23.4 Å². The molecule has 0 aliphatic heterocycles. The number of nitrogen functional groups attached to an aromatic ring is 1. The van der Waals surface area contributed by atoms with E-state index in [1.807, 2.05) is 5.43 Å². The fourth-order valence-electron chi connectivity index (χ4n) is 0.699. The topological polar surface area (TPSA) is 94.0 Å². The molecule has 13 heavy (non-hydrogen) atoms. The molecule has 0 aliphatic rings. The van der Waals surface area contributed by atoms with Crippen molar-refractivity contribution in [2.75, 3.05) is 11.5 Å². The second-order valence-electron chi connectivity index (χ2n) is 2.25. The Balaban J connectivity index is 2.54. The van der Waals surface area contributed by atoms with E-state index < -0.39 is 0 Å². The molecule has 0 fully saturated rings. The zero-order valence-electron chi connectivity index (χ0n) is 6.86. The molecule has 0 aliphatic carbocycles. The number of hydrogen-bond acceptors (Lipinski definition) is 5. The maximum absolute atomic E-state index is 10.8. The lowest BCUT2D eigenvalue weighted by molar-refractivity contribution is -0.118. The number of nitrogens with two attached hydrogens (primary N) is 2. The minimum atomic E-state index is -0.255. The summed E-state index contributed by atoms with van der Waals surface area (Å²) in [5, 5.41) is 0.645. The molecule has 5 N–H and O–H groups in total. The minimum absolute atomic E-state index is 0.220. The van der Waals surface area contributed by atoms with Gasteiger partial charge in [-0.2, -0.15) is 0 Å². The van der Waals surface area contributed by atoms with Crippen LogP contribution in [0.5, 0.6) is 0 Å². The third kappa shape index (κ3) is 2.92. The van der Waals surface area contributed by atoms with Gasteiger partial charge in [0.1, 0.15) is 5.03 Å². The zero-order chi connectivity index (χ0) is 9.68. The maximum Gasteiger partial charge on any atom is 0.244 e. The van der Waals surface area contributed by atoms with Crippen molar-refractivity contribution >= 4 is 23.4 Å². The van der Waals surface area contributed by atoms with E-state index in [1.165, 1.54) is 11.8 Å². The van der Waals surface area contributed by atoms with Crippen molar-refractivity contribution in [3.63, 3.8) is 0 Å². The number of aromatic nitrogens is 1. The van der Waals surface area contributed by atoms with E-state index in [0.717, 1.165) is 0 Å². The van der Waals surface area contributed by atoms with Gasteiger partial charge in [0.15, 0.2) is 0 Å². The second kappa shape index (κ2) is 4.68. The predicted molar refractivity (Wildman–Crippen MR) is 51.7 cm³/mol. The van der Waals surface area contributed by atoms with Crippen LogP contribution in [0.2, 0.25) is 0 Å². The first-order valence-electron chi connectivity index (χ1n) is 3.56. The monoisotopic (exact) mass is 198 g/mol. The second-order valence-corrected chi connectivity index (χ2v) is 3.22. The van der Waals surface area contributed by atoms with Crippen molar-refractivity contribution in [1.82, 2.24) is 10.4 Å². The SMILES string of the molecule is NNC(=O)CSc1ncccc1N. The summed E-state index contributed by atoms with van der Waals surface area (Å²) in [7, 11) is 0. The summed E-state index contributed by atoms with van der Waals surface area (Å²) in [4.78, 5) is 14.8. The largest absolute Gasteiger partial charge is 0.397 e. The van der Waals surface area contributed by atoms with E-state index in [4.69, 9.17) is 11.6 Å². The maximum atomic E-state index is 10.8. The van der Waals surface area contributed by atoms with Gasteiger partial charge in [-0.3, -0.25) is 10.2 Å². The highest BCUT2D eigenvalue weighted by molar-refractivity contribution is 8.00. The van der Waals surface area contributed by atoms with E-state index in [1.54, 1.807) is 18.3 Å². The molecule has 6 heteroatoms. The van der Waals surface area contributed by atoms with E-state index in [2.05, 4.69) is 4.98 Å². The van der Waals surface area contributed by atoms with Gasteiger partial charge in [0.05, 0.1) is 11.4 Å². The molecule has 1 rings (SSSR count). The van der Waals surface area contributed by atoms with Crippen LogP contribution < -0.4 is 17.0 Å². The van der Waals surface area contributed by atoms with Crippen molar-refractivity contribution < 1.29 is 4.79 Å². The Morgan fingerprint density at radius 3 is 3.08 bits per heavy atom. The average Bonchev–Trinajstić information content (AvgIpc) is 2.16. The molecule has 0 saturated heterocycles. The number of rotatable bonds is 3. The smallest absolute Gasteiger partial charge is 0.244 e. The van der Waals surface area contributed by atoms with Gasteiger partial charge in [-0.25, -0.2) is 10.8 Å². The predicted octanol–water partition coefficient (Wildman–Crippen LogP) is -0.254. The number of hydrogen-bond donors (Lipinski definition) is 3. The molecular weight excluding hydrogens is 188 g/mol. The highest BCUT2D eigenvalue weighted by Gasteiger charge is 2.03. The third-order valence-corrected chi connectivity index (χ3v) is 2.32. The van der Waals surface area contributed by atoms with E-state index in [9.17, 15) is 4.79 Å². The molecule has 70 valence electrons. The fraction of sp³-hybridized carbons (Fsp3) is 0.143. The van der Waals surface area contributed by atoms with Crippen LogP contribution in [0.25, 0.3) is 0 Å². The fourth-order valence-corrected chi connectivity index (χ4v) is 1.42. The lowest BCUT2D eigenvalue weighted by atomic mass is 10.4. The summed E-state index contributed by atoms with van der Waals surface area (Å²) >= 11 is 1.25. The van der Waals surface area contributed by atoms with Crippen molar-refractivity contribution in [2.24, 2.45) is 5.84 Å². The lowest BCUT2D eigenvalue weighted by Gasteiger charge is -2.02. The molecule has 1 amide bonds. The van der Waals surface area contributed by atoms with Gasteiger partial charge < -0.3 is 5.73 Å². The van der Waals surface area contributed by atoms with Gasteiger partial charge >= 0.3 is 0 Å². The van der Waals surface area contributed by atoms with Gasteiger partial charge in [-0.1, -0.05) is 11.8 Å². The summed E-state index contributed by atoms with van der Waals surface area (Å²) in [6.45, 7) is 0. The van der Waals surface area contributed by atoms with E-state index >= 15 is 0 Å². The number of thioether (sulfide) groups is 1. The summed E-state index contributed by atoms with van der Waals surface area (Å²) in [6.07, 6.45) is 1.62. The van der Waals surface area contributed by atoms with Crippen LogP contribution in [0.3, 0.4) is 0 Å². The number of anilines is 1. The minimum Gasteiger partial charge on any atom is -0.397 e. The van der Waals surface area contributed by atoms with Crippen LogP contribution in [0.1, 0.15) is 0 Å². The molecule has 0 saturated carbocycles. The molecule has 0 atom stereocenters. The van der Waals surface area contributed by atoms with Gasteiger partial charge in [0.2, 0.25) is 5.91 Å². The molecule has 5 nitrogen and oxygen atoms in total. The van der Waals surface area contributed by atoms with Crippen LogP contribution >= 0.6 is 11.8 Å². The Hall–Kier alpha value is -1.27. The van der Waals surface area contributed by atoms with Crippen molar-refractivity contribution in [3.05, 3.63) is 18.3 Å². The Bertz CT molecular complexity index is 304. The van der Waals surface area contributed by atoms with Crippen LogP contribution in [0.4, 0.5) is 5.69 Å². The number of nitrogens with one attached hydrogen (secondary N) is 1. The molecule has 0 aromatic carbocycles. The number of carbonyl (C=O) groups excluding carboxylic acids is 1. The molecular formula is C7H10N4OS. The van der Waals surface area contributed by atoms with Gasteiger partial charge in [0, 0.05) is 6.20 Å².